The zero-order valence-electron chi connectivity index (χ0n) is 11.4. The third-order valence-electron chi connectivity index (χ3n) is 3.02. The van der Waals surface area contributed by atoms with Crippen LogP contribution in [0.5, 0.6) is 0 Å². The van der Waals surface area contributed by atoms with Crippen molar-refractivity contribution >= 4 is 0 Å². The molecule has 110 valence electrons. The largest absolute Gasteiger partial charge is 0.389 e. The number of aryl methyl sites for hydroxylation is 1. The molecule has 2 unspecified atom stereocenters. The highest BCUT2D eigenvalue weighted by Gasteiger charge is 2.28. The molecule has 0 aromatic carbocycles. The van der Waals surface area contributed by atoms with E-state index in [1.165, 1.54) is 0 Å². The van der Waals surface area contributed by atoms with E-state index in [9.17, 15) is 13.2 Å². The molecular weight excluding hydrogens is 259 g/mol. The standard InChI is InChI=1S/C12H20F3N3O/c1-4-9(16-5-2)8(3)11-17-10(18-19-11)6-7-12(13,14)15/h8-9,16H,4-7H2,1-3H3. The Bertz CT molecular complexity index is 379. The molecule has 1 aromatic heterocycles. The van der Waals surface area contributed by atoms with Gasteiger partial charge in [-0.2, -0.15) is 18.2 Å². The van der Waals surface area contributed by atoms with Crippen LogP contribution in [-0.2, 0) is 6.42 Å². The first-order chi connectivity index (χ1) is 8.87. The Morgan fingerprint density at radius 1 is 1.32 bits per heavy atom. The van der Waals surface area contributed by atoms with E-state index in [2.05, 4.69) is 15.5 Å². The maximum atomic E-state index is 12.1. The van der Waals surface area contributed by atoms with Gasteiger partial charge in [0.2, 0.25) is 5.89 Å². The Morgan fingerprint density at radius 3 is 2.53 bits per heavy atom. The lowest BCUT2D eigenvalue weighted by Gasteiger charge is -2.20. The molecule has 0 radical (unpaired) electrons. The first-order valence-electron chi connectivity index (χ1n) is 6.50. The molecule has 0 bridgehead atoms. The molecule has 0 fully saturated rings. The van der Waals surface area contributed by atoms with Gasteiger partial charge >= 0.3 is 6.18 Å². The average Bonchev–Trinajstić information content (AvgIpc) is 2.80. The van der Waals surface area contributed by atoms with Crippen molar-refractivity contribution in [2.45, 2.75) is 58.2 Å². The molecule has 1 aromatic rings. The summed E-state index contributed by atoms with van der Waals surface area (Å²) in [7, 11) is 0. The molecule has 0 amide bonds. The predicted octanol–water partition coefficient (Wildman–Crippen LogP) is 3.06. The van der Waals surface area contributed by atoms with Gasteiger partial charge in [-0.3, -0.25) is 0 Å². The van der Waals surface area contributed by atoms with Gasteiger partial charge in [0.05, 0.1) is 12.3 Å². The summed E-state index contributed by atoms with van der Waals surface area (Å²) in [5.74, 6) is 0.493. The zero-order chi connectivity index (χ0) is 14.5. The number of nitrogens with one attached hydrogen (secondary N) is 1. The van der Waals surface area contributed by atoms with E-state index in [1.807, 2.05) is 20.8 Å². The average molecular weight is 279 g/mol. The van der Waals surface area contributed by atoms with Crippen molar-refractivity contribution < 1.29 is 17.7 Å². The van der Waals surface area contributed by atoms with Crippen LogP contribution in [0.1, 0.15) is 51.2 Å². The summed E-state index contributed by atoms with van der Waals surface area (Å²) in [6.07, 6.45) is -4.47. The van der Waals surface area contributed by atoms with E-state index in [4.69, 9.17) is 4.52 Å². The number of alkyl halides is 3. The maximum absolute atomic E-state index is 12.1. The Labute approximate surface area is 110 Å². The molecule has 0 aliphatic carbocycles. The normalized spacial score (nSPS) is 15.5. The van der Waals surface area contributed by atoms with Crippen LogP contribution < -0.4 is 5.32 Å². The van der Waals surface area contributed by atoms with Gasteiger partial charge in [0.1, 0.15) is 0 Å². The molecule has 7 heteroatoms. The quantitative estimate of drug-likeness (QED) is 0.833. The molecule has 0 saturated heterocycles. The predicted molar refractivity (Wildman–Crippen MR) is 64.8 cm³/mol. The lowest BCUT2D eigenvalue weighted by atomic mass is 9.99. The monoisotopic (exact) mass is 279 g/mol. The summed E-state index contributed by atoms with van der Waals surface area (Å²) in [6, 6.07) is 0.181. The molecular formula is C12H20F3N3O. The summed E-state index contributed by atoms with van der Waals surface area (Å²) in [5, 5.41) is 6.89. The van der Waals surface area contributed by atoms with Crippen LogP contribution in [0.3, 0.4) is 0 Å². The number of nitrogens with zero attached hydrogens (tertiary/aromatic N) is 2. The van der Waals surface area contributed by atoms with Crippen molar-refractivity contribution in [3.05, 3.63) is 11.7 Å². The second-order valence-electron chi connectivity index (χ2n) is 4.53. The van der Waals surface area contributed by atoms with Crippen LogP contribution in [0.4, 0.5) is 13.2 Å². The minimum atomic E-state index is -4.19. The van der Waals surface area contributed by atoms with Crippen LogP contribution in [0.25, 0.3) is 0 Å². The van der Waals surface area contributed by atoms with Crippen LogP contribution in [0, 0.1) is 0 Å². The van der Waals surface area contributed by atoms with Gasteiger partial charge < -0.3 is 9.84 Å². The highest BCUT2D eigenvalue weighted by molar-refractivity contribution is 4.97. The van der Waals surface area contributed by atoms with Gasteiger partial charge in [0.25, 0.3) is 0 Å². The highest BCUT2D eigenvalue weighted by Crippen LogP contribution is 2.23. The van der Waals surface area contributed by atoms with Crippen LogP contribution in [0.2, 0.25) is 0 Å². The Hall–Kier alpha value is -1.11. The van der Waals surface area contributed by atoms with Gasteiger partial charge in [-0.05, 0) is 13.0 Å². The first kappa shape index (κ1) is 15.9. The molecule has 4 nitrogen and oxygen atoms in total. The van der Waals surface area contributed by atoms with Gasteiger partial charge in [-0.15, -0.1) is 0 Å². The number of hydrogen-bond acceptors (Lipinski definition) is 4. The van der Waals surface area contributed by atoms with Crippen molar-refractivity contribution in [1.29, 1.82) is 0 Å². The van der Waals surface area contributed by atoms with E-state index >= 15 is 0 Å². The number of hydrogen-bond donors (Lipinski definition) is 1. The molecule has 0 aliphatic rings. The van der Waals surface area contributed by atoms with E-state index in [1.54, 1.807) is 0 Å². The minimum Gasteiger partial charge on any atom is -0.339 e. The Morgan fingerprint density at radius 2 is 2.00 bits per heavy atom. The van der Waals surface area contributed by atoms with Gasteiger partial charge in [-0.1, -0.05) is 25.9 Å². The molecule has 0 spiro atoms. The number of aromatic nitrogens is 2. The van der Waals surface area contributed by atoms with Crippen molar-refractivity contribution in [3.8, 4) is 0 Å². The summed E-state index contributed by atoms with van der Waals surface area (Å²) in [6.45, 7) is 6.78. The molecule has 0 saturated carbocycles. The second-order valence-corrected chi connectivity index (χ2v) is 4.53. The van der Waals surface area contributed by atoms with Gasteiger partial charge in [0.15, 0.2) is 5.82 Å². The lowest BCUT2D eigenvalue weighted by molar-refractivity contribution is -0.134. The number of likely N-dealkylation sites (N-methyl/N-ethyl adjacent to an activating group) is 1. The van der Waals surface area contributed by atoms with Crippen LogP contribution >= 0.6 is 0 Å². The van der Waals surface area contributed by atoms with E-state index in [-0.39, 0.29) is 24.2 Å². The van der Waals surface area contributed by atoms with E-state index < -0.39 is 12.6 Å². The number of rotatable bonds is 7. The fraction of sp³-hybridized carbons (Fsp3) is 0.833. The van der Waals surface area contributed by atoms with E-state index in [0.717, 1.165) is 13.0 Å². The SMILES string of the molecule is CCNC(CC)C(C)c1nc(CCC(F)(F)F)no1. The van der Waals surface area contributed by atoms with E-state index in [0.29, 0.717) is 5.89 Å². The molecule has 19 heavy (non-hydrogen) atoms. The third kappa shape index (κ3) is 5.18. The van der Waals surface area contributed by atoms with Gasteiger partial charge in [0, 0.05) is 12.5 Å². The first-order valence-corrected chi connectivity index (χ1v) is 6.50. The molecule has 0 aliphatic heterocycles. The van der Waals surface area contributed by atoms with Crippen molar-refractivity contribution in [1.82, 2.24) is 15.5 Å². The smallest absolute Gasteiger partial charge is 0.339 e. The Kier molecular flexibility index (Phi) is 5.78. The zero-order valence-corrected chi connectivity index (χ0v) is 11.4. The topological polar surface area (TPSA) is 51.0 Å². The van der Waals surface area contributed by atoms with Crippen molar-refractivity contribution in [3.63, 3.8) is 0 Å². The van der Waals surface area contributed by atoms with Crippen LogP contribution in [-0.4, -0.2) is 28.9 Å². The summed E-state index contributed by atoms with van der Waals surface area (Å²) in [4.78, 5) is 4.05. The lowest BCUT2D eigenvalue weighted by Crippen LogP contribution is -2.33. The molecule has 1 rings (SSSR count). The minimum absolute atomic E-state index is 0.0166. The summed E-state index contributed by atoms with van der Waals surface area (Å²) < 4.78 is 41.3. The Balaban J connectivity index is 2.62. The van der Waals surface area contributed by atoms with Crippen molar-refractivity contribution in [2.24, 2.45) is 0 Å². The number of halogens is 3. The fourth-order valence-corrected chi connectivity index (χ4v) is 1.92. The molecule has 1 N–H and O–H groups in total. The third-order valence-corrected chi connectivity index (χ3v) is 3.02. The molecule has 1 heterocycles. The summed E-state index contributed by atoms with van der Waals surface area (Å²) in [5.41, 5.74) is 0. The molecule has 2 atom stereocenters. The van der Waals surface area contributed by atoms with Crippen LogP contribution in [0.15, 0.2) is 4.52 Å². The summed E-state index contributed by atoms with van der Waals surface area (Å²) >= 11 is 0. The highest BCUT2D eigenvalue weighted by atomic mass is 19.4. The fourth-order valence-electron chi connectivity index (χ4n) is 1.92. The second kappa shape index (κ2) is 6.88. The van der Waals surface area contributed by atoms with Crippen molar-refractivity contribution in [2.75, 3.05) is 6.54 Å². The maximum Gasteiger partial charge on any atom is 0.389 e. The van der Waals surface area contributed by atoms with Gasteiger partial charge in [-0.25, -0.2) is 0 Å².